The average molecular weight is 506 g/mol. The highest BCUT2D eigenvalue weighted by atomic mass is 32.2. The van der Waals surface area contributed by atoms with Crippen LogP contribution in [0.2, 0.25) is 0 Å². The lowest BCUT2D eigenvalue weighted by Gasteiger charge is -2.41. The summed E-state index contributed by atoms with van der Waals surface area (Å²) in [5.41, 5.74) is 6.47. The van der Waals surface area contributed by atoms with Gasteiger partial charge in [0.1, 0.15) is 15.7 Å². The molecule has 0 N–H and O–H groups in total. The van der Waals surface area contributed by atoms with Crippen molar-refractivity contribution in [2.45, 2.75) is 25.8 Å². The van der Waals surface area contributed by atoms with Gasteiger partial charge in [0.25, 0.3) is 0 Å². The van der Waals surface area contributed by atoms with Crippen molar-refractivity contribution in [1.82, 2.24) is 29.3 Å². The number of piperazine rings is 1. The van der Waals surface area contributed by atoms with Gasteiger partial charge in [-0.3, -0.25) is 9.58 Å². The van der Waals surface area contributed by atoms with Gasteiger partial charge in [0, 0.05) is 80.1 Å². The maximum Gasteiger partial charge on any atom is 0.150 e. The molecule has 9 nitrogen and oxygen atoms in total. The fraction of sp³-hybridized carbons (Fsp3) is 0.423. The molecule has 0 aromatic carbocycles. The number of hydrogen-bond donors (Lipinski definition) is 0. The van der Waals surface area contributed by atoms with Crippen LogP contribution in [0, 0.1) is 6.92 Å². The Labute approximate surface area is 211 Å². The molecule has 2 saturated heterocycles. The molecule has 0 aliphatic carbocycles. The summed E-state index contributed by atoms with van der Waals surface area (Å²) in [6.45, 7) is 5.77. The van der Waals surface area contributed by atoms with E-state index in [9.17, 15) is 8.42 Å². The molecular formula is C26H31N7O2S. The average Bonchev–Trinajstić information content (AvgIpc) is 3.49. The largest absolute Gasteiger partial charge is 0.354 e. The normalized spacial score (nSPS) is 19.2. The number of rotatable bonds is 4. The van der Waals surface area contributed by atoms with E-state index in [0.29, 0.717) is 17.5 Å². The first-order valence-electron chi connectivity index (χ1n) is 12.5. The summed E-state index contributed by atoms with van der Waals surface area (Å²) in [7, 11) is -0.902. The zero-order chi connectivity index (χ0) is 24.9. The molecule has 0 bridgehead atoms. The summed E-state index contributed by atoms with van der Waals surface area (Å²) in [6.07, 6.45) is 11.3. The summed E-state index contributed by atoms with van der Waals surface area (Å²) in [5, 5.41) is 8.89. The highest BCUT2D eigenvalue weighted by Crippen LogP contribution is 2.32. The van der Waals surface area contributed by atoms with Crippen molar-refractivity contribution in [3.05, 3.63) is 54.7 Å². The Morgan fingerprint density at radius 3 is 2.33 bits per heavy atom. The number of sulfone groups is 1. The van der Waals surface area contributed by atoms with Crippen LogP contribution in [0.4, 0.5) is 5.82 Å². The highest BCUT2D eigenvalue weighted by Gasteiger charge is 2.30. The van der Waals surface area contributed by atoms with E-state index >= 15 is 0 Å². The van der Waals surface area contributed by atoms with E-state index in [1.165, 1.54) is 0 Å². The summed E-state index contributed by atoms with van der Waals surface area (Å²) >= 11 is 0. The molecule has 6 rings (SSSR count). The minimum absolute atomic E-state index is 0.326. The van der Waals surface area contributed by atoms with Crippen LogP contribution in [0.5, 0.6) is 0 Å². The second-order valence-corrected chi connectivity index (χ2v) is 12.3. The van der Waals surface area contributed by atoms with Crippen LogP contribution in [0.25, 0.3) is 27.8 Å². The van der Waals surface area contributed by atoms with Gasteiger partial charge in [0.05, 0.1) is 29.4 Å². The van der Waals surface area contributed by atoms with E-state index in [-0.39, 0.29) is 0 Å². The molecule has 0 atom stereocenters. The summed E-state index contributed by atoms with van der Waals surface area (Å²) < 4.78 is 27.3. The predicted octanol–water partition coefficient (Wildman–Crippen LogP) is 2.80. The molecule has 2 fully saturated rings. The van der Waals surface area contributed by atoms with Crippen molar-refractivity contribution in [3.63, 3.8) is 0 Å². The third-order valence-corrected chi connectivity index (χ3v) is 9.29. The quantitative estimate of drug-likeness (QED) is 0.421. The van der Waals surface area contributed by atoms with E-state index < -0.39 is 9.84 Å². The Hall–Kier alpha value is -3.24. The summed E-state index contributed by atoms with van der Waals surface area (Å²) in [5.74, 6) is 1.63. The second-order valence-electron chi connectivity index (χ2n) is 9.98. The minimum atomic E-state index is -2.82. The first-order valence-corrected chi connectivity index (χ1v) is 14.3. The monoisotopic (exact) mass is 505 g/mol. The maximum absolute atomic E-state index is 11.8. The third kappa shape index (κ3) is 4.39. The van der Waals surface area contributed by atoms with Crippen molar-refractivity contribution in [3.8, 4) is 22.3 Å². The van der Waals surface area contributed by atoms with Crippen molar-refractivity contribution >= 4 is 21.2 Å². The lowest BCUT2D eigenvalue weighted by atomic mass is 10.0. The topological polar surface area (TPSA) is 88.6 Å². The highest BCUT2D eigenvalue weighted by molar-refractivity contribution is 7.91. The molecule has 2 aliphatic rings. The zero-order valence-corrected chi connectivity index (χ0v) is 21.5. The van der Waals surface area contributed by atoms with Crippen LogP contribution in [0.1, 0.15) is 18.4 Å². The van der Waals surface area contributed by atoms with Gasteiger partial charge in [-0.1, -0.05) is 0 Å². The summed E-state index contributed by atoms with van der Waals surface area (Å²) in [6, 6.07) is 6.84. The lowest BCUT2D eigenvalue weighted by molar-refractivity contribution is 0.173. The van der Waals surface area contributed by atoms with Crippen molar-refractivity contribution < 1.29 is 8.42 Å². The van der Waals surface area contributed by atoms with E-state index in [2.05, 4.69) is 45.1 Å². The molecule has 188 valence electrons. The molecule has 6 heterocycles. The van der Waals surface area contributed by atoms with Gasteiger partial charge in [-0.2, -0.15) is 10.2 Å². The molecule has 10 heteroatoms. The van der Waals surface area contributed by atoms with E-state index in [4.69, 9.17) is 4.98 Å². The van der Waals surface area contributed by atoms with Crippen LogP contribution in [-0.2, 0) is 16.9 Å². The molecule has 0 radical (unpaired) electrons. The predicted molar refractivity (Wildman–Crippen MR) is 141 cm³/mol. The van der Waals surface area contributed by atoms with E-state index in [1.54, 1.807) is 4.68 Å². The Kier molecular flexibility index (Phi) is 5.80. The van der Waals surface area contributed by atoms with Gasteiger partial charge in [-0.05, 0) is 43.5 Å². The molecular weight excluding hydrogens is 474 g/mol. The summed E-state index contributed by atoms with van der Waals surface area (Å²) in [4.78, 5) is 9.63. The lowest BCUT2D eigenvalue weighted by Crippen LogP contribution is -2.52. The van der Waals surface area contributed by atoms with Gasteiger partial charge >= 0.3 is 0 Å². The number of aryl methyl sites for hydroxylation is 2. The van der Waals surface area contributed by atoms with E-state index in [0.717, 1.165) is 78.2 Å². The fourth-order valence-corrected chi connectivity index (χ4v) is 6.98. The van der Waals surface area contributed by atoms with Gasteiger partial charge < -0.3 is 4.90 Å². The SMILES string of the molecule is Cc1cnn2cc(-c3cnn(C)c3)cc(-c3ccc(N4CCN(C5CCS(=O)(=O)CC5)CC4)nc3)c12. The number of anilines is 1. The number of fused-ring (bicyclic) bond motifs is 1. The molecule has 2 aliphatic heterocycles. The van der Waals surface area contributed by atoms with Crippen LogP contribution in [0.15, 0.2) is 49.2 Å². The molecule has 36 heavy (non-hydrogen) atoms. The maximum atomic E-state index is 11.8. The molecule has 4 aromatic rings. The number of hydrogen-bond acceptors (Lipinski definition) is 7. The third-order valence-electron chi connectivity index (χ3n) is 7.57. The Bertz CT molecular complexity index is 1490. The smallest absolute Gasteiger partial charge is 0.150 e. The van der Waals surface area contributed by atoms with Crippen molar-refractivity contribution in [1.29, 1.82) is 0 Å². The molecule has 0 unspecified atom stereocenters. The molecule has 0 spiro atoms. The van der Waals surface area contributed by atoms with Gasteiger partial charge in [-0.25, -0.2) is 17.9 Å². The van der Waals surface area contributed by atoms with Crippen LogP contribution >= 0.6 is 0 Å². The Balaban J connectivity index is 1.21. The number of nitrogens with zero attached hydrogens (tertiary/aromatic N) is 7. The fourth-order valence-electron chi connectivity index (χ4n) is 5.51. The number of pyridine rings is 2. The zero-order valence-electron chi connectivity index (χ0n) is 20.7. The van der Waals surface area contributed by atoms with Crippen LogP contribution < -0.4 is 4.90 Å². The van der Waals surface area contributed by atoms with Gasteiger partial charge in [-0.15, -0.1) is 0 Å². The van der Waals surface area contributed by atoms with Crippen molar-refractivity contribution in [2.24, 2.45) is 7.05 Å². The first kappa shape index (κ1) is 23.2. The second kappa shape index (κ2) is 9.01. The van der Waals surface area contributed by atoms with E-state index in [1.807, 2.05) is 42.5 Å². The molecule has 0 amide bonds. The Morgan fingerprint density at radius 1 is 0.889 bits per heavy atom. The first-order chi connectivity index (χ1) is 17.4. The Morgan fingerprint density at radius 2 is 1.67 bits per heavy atom. The standard InChI is InChI=1S/C26H31N7O2S/c1-19-14-29-33-18-21(22-16-28-30(2)17-22)13-24(26(19)33)20-3-4-25(27-15-20)32-9-7-31(8-10-32)23-5-11-36(34,35)12-6-23/h3-4,13-18,23H,5-12H2,1-2H3. The minimum Gasteiger partial charge on any atom is -0.354 e. The van der Waals surface area contributed by atoms with Crippen molar-refractivity contribution in [2.75, 3.05) is 42.6 Å². The van der Waals surface area contributed by atoms with Crippen LogP contribution in [0.3, 0.4) is 0 Å². The van der Waals surface area contributed by atoms with Crippen LogP contribution in [-0.4, -0.2) is 81.4 Å². The number of aromatic nitrogens is 5. The molecule has 4 aromatic heterocycles. The van der Waals surface area contributed by atoms with Gasteiger partial charge in [0.2, 0.25) is 0 Å². The van der Waals surface area contributed by atoms with Gasteiger partial charge in [0.15, 0.2) is 0 Å². The molecule has 0 saturated carbocycles.